The molecule has 398 valence electrons. The molecule has 2 saturated heterocycles. The fourth-order valence-corrected chi connectivity index (χ4v) is 12.7. The number of hydrogen-bond donors (Lipinski definition) is 3. The Hall–Kier alpha value is -5.53. The van der Waals surface area contributed by atoms with Crippen molar-refractivity contribution in [2.45, 2.75) is 133 Å². The molecule has 3 N–H and O–H groups in total. The minimum atomic E-state index is -1.65. The third kappa shape index (κ3) is 14.9. The van der Waals surface area contributed by atoms with Gasteiger partial charge in [0.15, 0.2) is 0 Å². The second-order valence-corrected chi connectivity index (χ2v) is 22.9. The number of carbonyl (C=O) groups excluding carboxylic acids is 4. The number of benzene rings is 4. The summed E-state index contributed by atoms with van der Waals surface area (Å²) in [5.74, 6) is 1.28. The number of urea groups is 1. The molecule has 2 aliphatic rings. The first-order chi connectivity index (χ1) is 35.5. The molecule has 4 aromatic carbocycles. The summed E-state index contributed by atoms with van der Waals surface area (Å²) in [6, 6.07) is 33.7. The first kappa shape index (κ1) is 57.7. The van der Waals surface area contributed by atoms with Crippen LogP contribution in [0.5, 0.6) is 11.5 Å². The van der Waals surface area contributed by atoms with Gasteiger partial charge in [-0.05, 0) is 105 Å². The molecule has 17 heteroatoms. The van der Waals surface area contributed by atoms with E-state index in [2.05, 4.69) is 75.2 Å². The number of thioether (sulfide) groups is 1. The maximum Gasteiger partial charge on any atom is 0.325 e. The van der Waals surface area contributed by atoms with Gasteiger partial charge in [0.1, 0.15) is 17.1 Å². The van der Waals surface area contributed by atoms with Gasteiger partial charge in [-0.15, -0.1) is 0 Å². The van der Waals surface area contributed by atoms with Gasteiger partial charge < -0.3 is 39.2 Å². The van der Waals surface area contributed by atoms with E-state index in [1.54, 1.807) is 38.1 Å². The molecule has 0 saturated carbocycles. The molecule has 5 amide bonds. The number of methoxy groups -OCH3 is 2. The van der Waals surface area contributed by atoms with Gasteiger partial charge in [0.25, 0.3) is 14.4 Å². The Kier molecular flexibility index (Phi) is 21.3. The highest BCUT2D eigenvalue weighted by Gasteiger charge is 2.50. The highest BCUT2D eigenvalue weighted by atomic mass is 32.2. The maximum absolute atomic E-state index is 13.9. The van der Waals surface area contributed by atoms with Crippen LogP contribution in [-0.4, -0.2) is 115 Å². The van der Waals surface area contributed by atoms with Crippen LogP contribution in [0.25, 0.3) is 0 Å². The summed E-state index contributed by atoms with van der Waals surface area (Å²) in [4.78, 5) is 55.1. The molecule has 5 atom stereocenters. The zero-order valence-corrected chi connectivity index (χ0v) is 46.1. The van der Waals surface area contributed by atoms with Crippen LogP contribution < -0.4 is 25.4 Å². The summed E-state index contributed by atoms with van der Waals surface area (Å²) in [5.41, 5.74) is 2.89. The average molecular weight is 1050 g/mol. The van der Waals surface area contributed by atoms with Crippen molar-refractivity contribution < 1.29 is 42.4 Å². The fourth-order valence-electron chi connectivity index (χ4n) is 9.46. The normalized spacial score (nSPS) is 17.4. The van der Waals surface area contributed by atoms with Crippen LogP contribution in [0.15, 0.2) is 103 Å². The van der Waals surface area contributed by atoms with Crippen molar-refractivity contribution in [3.63, 3.8) is 0 Å². The first-order valence-electron chi connectivity index (χ1n) is 25.6. The average Bonchev–Trinajstić information content (AvgIpc) is 3.93. The quantitative estimate of drug-likeness (QED) is 0.0223. The number of hydrogen-bond acceptors (Lipinski definition) is 12. The molecule has 4 aromatic rings. The monoisotopic (exact) mass is 1050 g/mol. The molecule has 5 unspecified atom stereocenters. The third-order valence-electron chi connectivity index (χ3n) is 13.3. The molecular formula is C57H75N6O9PS. The molecule has 15 nitrogen and oxygen atoms in total. The van der Waals surface area contributed by atoms with Crippen LogP contribution in [0.1, 0.15) is 120 Å². The lowest BCUT2D eigenvalue weighted by Gasteiger charge is -2.38. The SMILES string of the molecule is COc1ccc(C(OCC(COP(OCCC#N)N(C(C)C)C(C)C)NC(=O)CCNC(=O)CCCCC2SCC3C2NC(=O)N3C(=O)c2ccc(C(C)(C)C)cc2)(c2ccccc2)c2ccc(OC)cc2)cc1. The molecular weight excluding hydrogens is 976 g/mol. The van der Waals surface area contributed by atoms with E-state index in [1.165, 1.54) is 4.90 Å². The lowest BCUT2D eigenvalue weighted by molar-refractivity contribution is -0.123. The number of carbonyl (C=O) groups is 4. The smallest absolute Gasteiger partial charge is 0.325 e. The van der Waals surface area contributed by atoms with E-state index in [4.69, 9.17) is 23.3 Å². The number of nitrogens with zero attached hydrogens (tertiary/aromatic N) is 3. The molecule has 2 fully saturated rings. The predicted molar refractivity (Wildman–Crippen MR) is 291 cm³/mol. The largest absolute Gasteiger partial charge is 0.497 e. The summed E-state index contributed by atoms with van der Waals surface area (Å²) in [5, 5.41) is 18.6. The number of amides is 5. The van der Waals surface area contributed by atoms with Gasteiger partial charge in [-0.25, -0.2) is 9.46 Å². The van der Waals surface area contributed by atoms with Crippen LogP contribution in [0.2, 0.25) is 0 Å². The van der Waals surface area contributed by atoms with E-state index in [1.807, 2.05) is 91.0 Å². The van der Waals surface area contributed by atoms with Crippen molar-refractivity contribution >= 4 is 44.0 Å². The highest BCUT2D eigenvalue weighted by molar-refractivity contribution is 8.00. The minimum absolute atomic E-state index is 0.000130. The van der Waals surface area contributed by atoms with E-state index in [0.29, 0.717) is 29.2 Å². The van der Waals surface area contributed by atoms with Gasteiger partial charge >= 0.3 is 6.03 Å². The molecule has 0 radical (unpaired) electrons. The second-order valence-electron chi connectivity index (χ2n) is 20.2. The first-order valence-corrected chi connectivity index (χ1v) is 27.8. The van der Waals surface area contributed by atoms with E-state index >= 15 is 0 Å². The van der Waals surface area contributed by atoms with Gasteiger partial charge in [-0.1, -0.05) is 93.9 Å². The lowest BCUT2D eigenvalue weighted by atomic mass is 9.80. The van der Waals surface area contributed by atoms with Gasteiger partial charge in [0.05, 0.1) is 64.7 Å². The van der Waals surface area contributed by atoms with Crippen molar-refractivity contribution in [1.29, 1.82) is 5.26 Å². The molecule has 0 aliphatic carbocycles. The van der Waals surface area contributed by atoms with Crippen molar-refractivity contribution in [1.82, 2.24) is 25.5 Å². The summed E-state index contributed by atoms with van der Waals surface area (Å²) >= 11 is 1.75. The van der Waals surface area contributed by atoms with Crippen molar-refractivity contribution in [3.05, 3.63) is 131 Å². The van der Waals surface area contributed by atoms with E-state index in [0.717, 1.165) is 35.1 Å². The van der Waals surface area contributed by atoms with Crippen LogP contribution in [0, 0.1) is 11.3 Å². The topological polar surface area (TPSA) is 181 Å². The molecule has 74 heavy (non-hydrogen) atoms. The van der Waals surface area contributed by atoms with Crippen molar-refractivity contribution in [3.8, 4) is 17.6 Å². The van der Waals surface area contributed by atoms with Crippen LogP contribution in [-0.2, 0) is 34.4 Å². The zero-order valence-electron chi connectivity index (χ0n) is 44.4. The molecule has 0 aromatic heterocycles. The summed E-state index contributed by atoms with van der Waals surface area (Å²) < 4.78 is 33.3. The molecule has 0 spiro atoms. The summed E-state index contributed by atoms with van der Waals surface area (Å²) in [7, 11) is 1.59. The second kappa shape index (κ2) is 27.3. The predicted octanol–water partition coefficient (Wildman–Crippen LogP) is 9.87. The van der Waals surface area contributed by atoms with Gasteiger partial charge in [-0.3, -0.25) is 19.3 Å². The van der Waals surface area contributed by atoms with Crippen LogP contribution in [0.3, 0.4) is 0 Å². The maximum atomic E-state index is 13.9. The standard InChI is InChI=1S/C57H75N6O9PS/c1-39(2)63(40(3)4)73(71-35-15-33-58)72-37-46(36-70-57(43-16-11-10-12-17-43,44-24-28-47(68-8)29-25-44)45-26-30-48(69-9)31-27-45)60-52(65)32-34-59-51(64)19-14-13-18-50-53-49(38-74-50)62(55(67)61-53)54(66)41-20-22-42(23-21-41)56(5,6)7/h10-12,16-17,20-31,39-40,46,49-50,53H,13-15,18-19,32,34-38H2,1-9H3,(H,59,64)(H,60,65)(H,61,67). The summed E-state index contributed by atoms with van der Waals surface area (Å²) in [6.07, 6.45) is 2.68. The minimum Gasteiger partial charge on any atom is -0.497 e. The summed E-state index contributed by atoms with van der Waals surface area (Å²) in [6.45, 7) is 14.9. The van der Waals surface area contributed by atoms with Crippen LogP contribution >= 0.6 is 20.3 Å². The number of imide groups is 1. The molecule has 6 rings (SSSR count). The molecule has 0 bridgehead atoms. The van der Waals surface area contributed by atoms with E-state index in [9.17, 15) is 24.4 Å². The van der Waals surface area contributed by atoms with Crippen LogP contribution in [0.4, 0.5) is 4.79 Å². The Morgan fingerprint density at radius 1 is 0.797 bits per heavy atom. The Balaban J connectivity index is 1.09. The molecule has 2 aliphatic heterocycles. The number of rotatable bonds is 27. The van der Waals surface area contributed by atoms with Gasteiger partial charge in [0.2, 0.25) is 11.8 Å². The van der Waals surface area contributed by atoms with Gasteiger partial charge in [-0.2, -0.15) is 17.0 Å². The number of unbranched alkanes of at least 4 members (excludes halogenated alkanes) is 1. The third-order valence-corrected chi connectivity index (χ3v) is 16.8. The Morgan fingerprint density at radius 2 is 1.39 bits per heavy atom. The Bertz CT molecular complexity index is 2430. The van der Waals surface area contributed by atoms with E-state index < -0.39 is 20.2 Å². The Labute approximate surface area is 443 Å². The van der Waals surface area contributed by atoms with Gasteiger partial charge in [0, 0.05) is 48.0 Å². The fraction of sp³-hybridized carbons (Fsp3) is 0.491. The number of nitriles is 1. The van der Waals surface area contributed by atoms with Crippen molar-refractivity contribution in [2.24, 2.45) is 0 Å². The zero-order chi connectivity index (χ0) is 53.4. The number of nitrogens with one attached hydrogen (secondary N) is 3. The molecule has 2 heterocycles. The number of ether oxygens (including phenoxy) is 3. The van der Waals surface area contributed by atoms with E-state index in [-0.39, 0.29) is 104 Å². The highest BCUT2D eigenvalue weighted by Crippen LogP contribution is 2.47. The lowest BCUT2D eigenvalue weighted by Crippen LogP contribution is -2.45. The number of fused-ring (bicyclic) bond motifs is 1. The van der Waals surface area contributed by atoms with Crippen molar-refractivity contribution in [2.75, 3.05) is 46.3 Å². The Morgan fingerprint density at radius 3 is 1.96 bits per heavy atom.